The number of nitrogens with one attached hydrogen (secondary N) is 1. The zero-order valence-corrected chi connectivity index (χ0v) is 11.6. The van der Waals surface area contributed by atoms with Crippen molar-refractivity contribution in [3.05, 3.63) is 23.9 Å². The Balaban J connectivity index is 2.59. The second kappa shape index (κ2) is 7.20. The molecule has 0 aromatic carbocycles. The third kappa shape index (κ3) is 4.96. The third-order valence-electron chi connectivity index (χ3n) is 2.58. The summed E-state index contributed by atoms with van der Waals surface area (Å²) in [5.74, 6) is -1.14. The molecule has 0 atom stereocenters. The van der Waals surface area contributed by atoms with Gasteiger partial charge in [0.1, 0.15) is 0 Å². The van der Waals surface area contributed by atoms with Crippen molar-refractivity contribution >= 4 is 16.0 Å². The van der Waals surface area contributed by atoms with E-state index >= 15 is 0 Å². The Morgan fingerprint density at radius 3 is 2.58 bits per heavy atom. The molecule has 0 aliphatic carbocycles. The first-order chi connectivity index (χ1) is 8.97. The number of aromatic carboxylic acids is 1. The van der Waals surface area contributed by atoms with E-state index in [9.17, 15) is 13.2 Å². The van der Waals surface area contributed by atoms with Gasteiger partial charge in [0, 0.05) is 12.7 Å². The molecule has 1 aromatic rings. The smallest absolute Gasteiger partial charge is 0.337 e. The predicted octanol–water partition coefficient (Wildman–Crippen LogP) is 1.64. The second-order valence-corrected chi connectivity index (χ2v) is 5.86. The van der Waals surface area contributed by atoms with Crippen molar-refractivity contribution in [3.63, 3.8) is 0 Å². The van der Waals surface area contributed by atoms with Crippen molar-refractivity contribution in [2.24, 2.45) is 0 Å². The molecule has 1 heterocycles. The predicted molar refractivity (Wildman–Crippen MR) is 70.5 cm³/mol. The van der Waals surface area contributed by atoms with Crippen molar-refractivity contribution in [3.8, 4) is 0 Å². The molecule has 0 amide bonds. The molecule has 0 aliphatic heterocycles. The molecule has 0 radical (unpaired) electrons. The third-order valence-corrected chi connectivity index (χ3v) is 3.96. The molecular weight excluding hydrogens is 268 g/mol. The van der Waals surface area contributed by atoms with Crippen LogP contribution in [0.25, 0.3) is 0 Å². The molecule has 106 valence electrons. The highest BCUT2D eigenvalue weighted by molar-refractivity contribution is 7.89. The standard InChI is InChI=1S/C12H18N2O4S/c1-2-3-4-5-8-14-19(17,18)11-7-6-10(9-13-11)12(15)16/h6-7,9,14H,2-5,8H2,1H3,(H,15,16). The molecule has 0 aliphatic rings. The average molecular weight is 286 g/mol. The van der Waals surface area contributed by atoms with Gasteiger partial charge in [-0.05, 0) is 18.6 Å². The largest absolute Gasteiger partial charge is 0.478 e. The zero-order chi connectivity index (χ0) is 14.3. The van der Waals surface area contributed by atoms with Gasteiger partial charge in [0.15, 0.2) is 5.03 Å². The molecule has 0 fully saturated rings. The number of pyridine rings is 1. The molecule has 0 spiro atoms. The molecule has 6 nitrogen and oxygen atoms in total. The summed E-state index contributed by atoms with van der Waals surface area (Å²) >= 11 is 0. The lowest BCUT2D eigenvalue weighted by Gasteiger charge is -2.05. The van der Waals surface area contributed by atoms with Crippen LogP contribution in [0.1, 0.15) is 43.0 Å². The molecule has 0 saturated carbocycles. The number of sulfonamides is 1. The van der Waals surface area contributed by atoms with Crippen molar-refractivity contribution < 1.29 is 18.3 Å². The molecule has 1 aromatic heterocycles. The number of carbonyl (C=O) groups is 1. The summed E-state index contributed by atoms with van der Waals surface area (Å²) in [5.41, 5.74) is -0.0399. The van der Waals surface area contributed by atoms with E-state index in [1.54, 1.807) is 0 Å². The molecule has 0 saturated heterocycles. The van der Waals surface area contributed by atoms with Crippen molar-refractivity contribution in [1.82, 2.24) is 9.71 Å². The van der Waals surface area contributed by atoms with E-state index in [0.717, 1.165) is 31.9 Å². The van der Waals surface area contributed by atoms with Crippen LogP contribution in [0, 0.1) is 0 Å². The van der Waals surface area contributed by atoms with E-state index in [1.165, 1.54) is 12.1 Å². The second-order valence-electron chi connectivity index (χ2n) is 4.15. The molecule has 7 heteroatoms. The maximum Gasteiger partial charge on any atom is 0.337 e. The quantitative estimate of drug-likeness (QED) is 0.708. The minimum atomic E-state index is -3.64. The van der Waals surface area contributed by atoms with Crippen LogP contribution in [-0.2, 0) is 10.0 Å². The van der Waals surface area contributed by atoms with Gasteiger partial charge in [0.05, 0.1) is 5.56 Å². The Bertz CT molecular complexity index is 511. The SMILES string of the molecule is CCCCCCNS(=O)(=O)c1ccc(C(=O)O)cn1. The van der Waals surface area contributed by atoms with Crippen LogP contribution < -0.4 is 4.72 Å². The van der Waals surface area contributed by atoms with Gasteiger partial charge in [-0.1, -0.05) is 26.2 Å². The lowest BCUT2D eigenvalue weighted by atomic mass is 10.2. The summed E-state index contributed by atoms with van der Waals surface area (Å²) in [5, 5.41) is 8.54. The number of nitrogens with zero attached hydrogens (tertiary/aromatic N) is 1. The van der Waals surface area contributed by atoms with E-state index in [-0.39, 0.29) is 10.6 Å². The number of hydrogen-bond donors (Lipinski definition) is 2. The topological polar surface area (TPSA) is 96.4 Å². The van der Waals surface area contributed by atoms with Crippen LogP contribution in [-0.4, -0.2) is 31.0 Å². The van der Waals surface area contributed by atoms with Gasteiger partial charge >= 0.3 is 5.97 Å². The van der Waals surface area contributed by atoms with Gasteiger partial charge in [-0.2, -0.15) is 0 Å². The Hall–Kier alpha value is -1.47. The summed E-state index contributed by atoms with van der Waals surface area (Å²) in [6.45, 7) is 2.45. The number of unbranched alkanes of at least 4 members (excludes halogenated alkanes) is 3. The normalized spacial score (nSPS) is 11.4. The van der Waals surface area contributed by atoms with E-state index < -0.39 is 16.0 Å². The summed E-state index contributed by atoms with van der Waals surface area (Å²) < 4.78 is 26.1. The first-order valence-corrected chi connectivity index (χ1v) is 7.64. The van der Waals surface area contributed by atoms with Crippen LogP contribution in [0.4, 0.5) is 0 Å². The fourth-order valence-corrected chi connectivity index (χ4v) is 2.50. The van der Waals surface area contributed by atoms with Gasteiger partial charge in [0.2, 0.25) is 0 Å². The average Bonchev–Trinajstić information content (AvgIpc) is 2.38. The summed E-state index contributed by atoms with van der Waals surface area (Å²) in [4.78, 5) is 14.3. The fourth-order valence-electron chi connectivity index (χ4n) is 1.50. The monoisotopic (exact) mass is 286 g/mol. The molecule has 1 rings (SSSR count). The first-order valence-electron chi connectivity index (χ1n) is 6.16. The summed E-state index contributed by atoms with van der Waals surface area (Å²) in [7, 11) is -3.64. The Kier molecular flexibility index (Phi) is 5.91. The van der Waals surface area contributed by atoms with Crippen LogP contribution >= 0.6 is 0 Å². The highest BCUT2D eigenvalue weighted by Crippen LogP contribution is 2.07. The van der Waals surface area contributed by atoms with Crippen LogP contribution in [0.5, 0.6) is 0 Å². The van der Waals surface area contributed by atoms with Crippen molar-refractivity contribution in [2.45, 2.75) is 37.6 Å². The Morgan fingerprint density at radius 1 is 1.32 bits per heavy atom. The molecule has 0 bridgehead atoms. The van der Waals surface area contributed by atoms with Gasteiger partial charge in [-0.3, -0.25) is 0 Å². The lowest BCUT2D eigenvalue weighted by Crippen LogP contribution is -2.25. The maximum absolute atomic E-state index is 11.8. The van der Waals surface area contributed by atoms with Crippen LogP contribution in [0.15, 0.2) is 23.4 Å². The summed E-state index contributed by atoms with van der Waals surface area (Å²) in [6.07, 6.45) is 4.96. The number of carboxylic acid groups (broad SMARTS) is 1. The van der Waals surface area contributed by atoms with Crippen LogP contribution in [0.2, 0.25) is 0 Å². The fraction of sp³-hybridized carbons (Fsp3) is 0.500. The van der Waals surface area contributed by atoms with Gasteiger partial charge in [-0.25, -0.2) is 22.9 Å². The van der Waals surface area contributed by atoms with Gasteiger partial charge < -0.3 is 5.11 Å². The Labute approximate surface area is 112 Å². The molecule has 2 N–H and O–H groups in total. The highest BCUT2D eigenvalue weighted by Gasteiger charge is 2.15. The number of hydrogen-bond acceptors (Lipinski definition) is 4. The zero-order valence-electron chi connectivity index (χ0n) is 10.8. The minimum absolute atomic E-state index is 0.0399. The van der Waals surface area contributed by atoms with E-state index in [1.807, 2.05) is 0 Å². The number of carboxylic acids is 1. The number of aromatic nitrogens is 1. The van der Waals surface area contributed by atoms with Gasteiger partial charge in [-0.15, -0.1) is 0 Å². The van der Waals surface area contributed by atoms with Crippen LogP contribution in [0.3, 0.4) is 0 Å². The van der Waals surface area contributed by atoms with E-state index in [0.29, 0.717) is 6.54 Å². The first kappa shape index (κ1) is 15.6. The Morgan fingerprint density at radius 2 is 2.05 bits per heavy atom. The minimum Gasteiger partial charge on any atom is -0.478 e. The molecule has 0 unspecified atom stereocenters. The lowest BCUT2D eigenvalue weighted by molar-refractivity contribution is 0.0696. The van der Waals surface area contributed by atoms with Crippen molar-refractivity contribution in [2.75, 3.05) is 6.54 Å². The summed E-state index contributed by atoms with van der Waals surface area (Å²) in [6, 6.07) is 2.42. The van der Waals surface area contributed by atoms with Crippen molar-refractivity contribution in [1.29, 1.82) is 0 Å². The van der Waals surface area contributed by atoms with E-state index in [2.05, 4.69) is 16.6 Å². The highest BCUT2D eigenvalue weighted by atomic mass is 32.2. The van der Waals surface area contributed by atoms with Gasteiger partial charge in [0.25, 0.3) is 10.0 Å². The molecule has 19 heavy (non-hydrogen) atoms. The van der Waals surface area contributed by atoms with E-state index in [4.69, 9.17) is 5.11 Å². The number of rotatable bonds is 8. The maximum atomic E-state index is 11.8. The molecular formula is C12H18N2O4S.